The van der Waals surface area contributed by atoms with E-state index in [9.17, 15) is 0 Å². The van der Waals surface area contributed by atoms with Gasteiger partial charge in [-0.15, -0.1) is 5.10 Å². The summed E-state index contributed by atoms with van der Waals surface area (Å²) in [7, 11) is 1.89. The Bertz CT molecular complexity index is 992. The molecule has 0 amide bonds. The van der Waals surface area contributed by atoms with Crippen molar-refractivity contribution in [2.45, 2.75) is 0 Å². The van der Waals surface area contributed by atoms with Crippen LogP contribution in [0.1, 0.15) is 0 Å². The third kappa shape index (κ3) is 3.20. The summed E-state index contributed by atoms with van der Waals surface area (Å²) in [5, 5.41) is 26.1. The lowest BCUT2D eigenvalue weighted by molar-refractivity contribution is 1.03. The van der Waals surface area contributed by atoms with E-state index < -0.39 is 0 Å². The van der Waals surface area contributed by atoms with Crippen LogP contribution in [0.4, 0.5) is 28.7 Å². The van der Waals surface area contributed by atoms with E-state index in [1.165, 1.54) is 0 Å². The third-order valence-electron chi connectivity index (χ3n) is 3.83. The summed E-state index contributed by atoms with van der Waals surface area (Å²) in [5.74, 6) is 1.34. The van der Waals surface area contributed by atoms with Crippen LogP contribution in [-0.4, -0.2) is 27.4 Å². The molecule has 2 aromatic carbocycles. The molecular formula is C18H17N7. The number of nitrogens with one attached hydrogen (secondary N) is 4. The molecule has 4 N–H and O–H groups in total. The zero-order valence-corrected chi connectivity index (χ0v) is 13.6. The van der Waals surface area contributed by atoms with Crippen LogP contribution in [0, 0.1) is 0 Å². The van der Waals surface area contributed by atoms with Crippen LogP contribution >= 0.6 is 0 Å². The molecule has 0 aliphatic carbocycles. The highest BCUT2D eigenvalue weighted by molar-refractivity contribution is 5.91. The summed E-state index contributed by atoms with van der Waals surface area (Å²) in [4.78, 5) is 0. The van der Waals surface area contributed by atoms with E-state index in [4.69, 9.17) is 0 Å². The van der Waals surface area contributed by atoms with Crippen molar-refractivity contribution in [2.24, 2.45) is 0 Å². The fraction of sp³-hybridized carbons (Fsp3) is 0.0556. The summed E-state index contributed by atoms with van der Waals surface area (Å²) in [6, 6.07) is 17.8. The number of nitrogens with zero attached hydrogens (tertiary/aromatic N) is 3. The predicted octanol–water partition coefficient (Wildman–Crippen LogP) is 3.88. The molecule has 0 spiro atoms. The molecule has 7 heteroatoms. The average Bonchev–Trinajstić information content (AvgIpc) is 3.06. The van der Waals surface area contributed by atoms with Crippen molar-refractivity contribution in [3.8, 4) is 0 Å². The lowest BCUT2D eigenvalue weighted by Crippen LogP contribution is -1.99. The molecular weight excluding hydrogens is 314 g/mol. The van der Waals surface area contributed by atoms with Gasteiger partial charge in [-0.05, 0) is 36.4 Å². The van der Waals surface area contributed by atoms with Crippen molar-refractivity contribution in [1.82, 2.24) is 20.4 Å². The van der Waals surface area contributed by atoms with Crippen molar-refractivity contribution in [1.29, 1.82) is 0 Å². The Morgan fingerprint density at radius 1 is 0.880 bits per heavy atom. The number of anilines is 5. The number of fused-ring (bicyclic) bond motifs is 1. The summed E-state index contributed by atoms with van der Waals surface area (Å²) in [6.07, 6.45) is 1.68. The van der Waals surface area contributed by atoms with Gasteiger partial charge in [0.1, 0.15) is 0 Å². The highest BCUT2D eigenvalue weighted by Gasteiger charge is 2.07. The van der Waals surface area contributed by atoms with Crippen LogP contribution in [0.15, 0.2) is 60.8 Å². The minimum atomic E-state index is 0.620. The zero-order valence-electron chi connectivity index (χ0n) is 13.6. The second-order valence-corrected chi connectivity index (χ2v) is 5.52. The molecule has 4 aromatic rings. The van der Waals surface area contributed by atoms with E-state index >= 15 is 0 Å². The Balaban J connectivity index is 1.54. The average molecular weight is 331 g/mol. The summed E-state index contributed by atoms with van der Waals surface area (Å²) in [5.41, 5.74) is 3.85. The van der Waals surface area contributed by atoms with E-state index in [2.05, 4.69) is 36.3 Å². The summed E-state index contributed by atoms with van der Waals surface area (Å²) < 4.78 is 0. The van der Waals surface area contributed by atoms with Gasteiger partial charge in [-0.25, -0.2) is 0 Å². The molecule has 0 bridgehead atoms. The SMILES string of the molecule is CNc1ccc(Nc2cnnc(Nc3n[nH]c4ccccc34)c2)cc1. The molecule has 0 fully saturated rings. The van der Waals surface area contributed by atoms with Crippen LogP contribution in [0.2, 0.25) is 0 Å². The van der Waals surface area contributed by atoms with Crippen molar-refractivity contribution < 1.29 is 0 Å². The van der Waals surface area contributed by atoms with Gasteiger partial charge in [-0.3, -0.25) is 5.10 Å². The van der Waals surface area contributed by atoms with Crippen molar-refractivity contribution >= 4 is 39.6 Å². The number of aromatic nitrogens is 4. The molecule has 0 radical (unpaired) electrons. The van der Waals surface area contributed by atoms with Crippen molar-refractivity contribution in [3.05, 3.63) is 60.8 Å². The molecule has 0 atom stereocenters. The van der Waals surface area contributed by atoms with Gasteiger partial charge in [0.2, 0.25) is 0 Å². The fourth-order valence-electron chi connectivity index (χ4n) is 2.56. The maximum atomic E-state index is 4.29. The first-order valence-electron chi connectivity index (χ1n) is 7.89. The number of H-pyrrole nitrogens is 1. The molecule has 25 heavy (non-hydrogen) atoms. The Kier molecular flexibility index (Phi) is 3.88. The van der Waals surface area contributed by atoms with Crippen LogP contribution in [-0.2, 0) is 0 Å². The van der Waals surface area contributed by atoms with E-state index in [-0.39, 0.29) is 0 Å². The van der Waals surface area contributed by atoms with Gasteiger partial charge < -0.3 is 16.0 Å². The molecule has 0 aliphatic heterocycles. The largest absolute Gasteiger partial charge is 0.388 e. The number of para-hydroxylation sites is 1. The van der Waals surface area contributed by atoms with Crippen LogP contribution < -0.4 is 16.0 Å². The number of hydrogen-bond donors (Lipinski definition) is 4. The maximum Gasteiger partial charge on any atom is 0.161 e. The number of benzene rings is 2. The first-order chi connectivity index (χ1) is 12.3. The molecule has 4 rings (SSSR count). The van der Waals surface area contributed by atoms with Crippen LogP contribution in [0.25, 0.3) is 10.9 Å². The Labute approximate surface area is 144 Å². The normalized spacial score (nSPS) is 10.6. The van der Waals surface area contributed by atoms with Gasteiger partial charge >= 0.3 is 0 Å². The maximum absolute atomic E-state index is 4.29. The molecule has 0 saturated heterocycles. The Morgan fingerprint density at radius 2 is 1.68 bits per heavy atom. The molecule has 2 aromatic heterocycles. The highest BCUT2D eigenvalue weighted by Crippen LogP contribution is 2.24. The molecule has 7 nitrogen and oxygen atoms in total. The second kappa shape index (κ2) is 6.48. The highest BCUT2D eigenvalue weighted by atomic mass is 15.2. The van der Waals surface area contributed by atoms with E-state index in [1.54, 1.807) is 6.20 Å². The van der Waals surface area contributed by atoms with Gasteiger partial charge in [0.15, 0.2) is 11.6 Å². The molecule has 0 saturated carbocycles. The smallest absolute Gasteiger partial charge is 0.161 e. The molecule has 2 heterocycles. The number of rotatable bonds is 5. The molecule has 0 aliphatic rings. The van der Waals surface area contributed by atoms with Gasteiger partial charge in [-0.1, -0.05) is 12.1 Å². The standard InChI is InChI=1S/C18H17N7/c1-19-12-6-8-13(9-7-12)21-14-10-17(24-20-11-14)22-18-15-4-2-3-5-16(15)23-25-18/h2-11,19H,1H3,(H3,21,22,23,24,25). The van der Waals surface area contributed by atoms with Crippen molar-refractivity contribution in [2.75, 3.05) is 23.0 Å². The minimum absolute atomic E-state index is 0.620. The molecule has 124 valence electrons. The predicted molar refractivity (Wildman–Crippen MR) is 101 cm³/mol. The van der Waals surface area contributed by atoms with Crippen LogP contribution in [0.5, 0.6) is 0 Å². The van der Waals surface area contributed by atoms with Gasteiger partial charge in [0, 0.05) is 29.9 Å². The fourth-order valence-corrected chi connectivity index (χ4v) is 2.56. The summed E-state index contributed by atoms with van der Waals surface area (Å²) >= 11 is 0. The van der Waals surface area contributed by atoms with Crippen LogP contribution in [0.3, 0.4) is 0 Å². The van der Waals surface area contributed by atoms with E-state index in [1.807, 2.05) is 61.6 Å². The van der Waals surface area contributed by atoms with Crippen molar-refractivity contribution in [3.63, 3.8) is 0 Å². The lowest BCUT2D eigenvalue weighted by atomic mass is 10.2. The monoisotopic (exact) mass is 331 g/mol. The second-order valence-electron chi connectivity index (χ2n) is 5.52. The first kappa shape index (κ1) is 14.9. The lowest BCUT2D eigenvalue weighted by Gasteiger charge is -2.08. The number of aromatic amines is 1. The summed E-state index contributed by atoms with van der Waals surface area (Å²) in [6.45, 7) is 0. The number of hydrogen-bond acceptors (Lipinski definition) is 6. The third-order valence-corrected chi connectivity index (χ3v) is 3.83. The first-order valence-corrected chi connectivity index (χ1v) is 7.89. The topological polar surface area (TPSA) is 90.6 Å². The zero-order chi connectivity index (χ0) is 17.1. The minimum Gasteiger partial charge on any atom is -0.388 e. The van der Waals surface area contributed by atoms with E-state index in [0.717, 1.165) is 33.8 Å². The Hall–Kier alpha value is -3.61. The van der Waals surface area contributed by atoms with E-state index in [0.29, 0.717) is 5.82 Å². The van der Waals surface area contributed by atoms with Gasteiger partial charge in [0.25, 0.3) is 0 Å². The molecule has 0 unspecified atom stereocenters. The Morgan fingerprint density at radius 3 is 2.52 bits per heavy atom. The quantitative estimate of drug-likeness (QED) is 0.444. The van der Waals surface area contributed by atoms with Gasteiger partial charge in [-0.2, -0.15) is 10.2 Å². The van der Waals surface area contributed by atoms with Gasteiger partial charge in [0.05, 0.1) is 17.4 Å².